The second-order valence-electron chi connectivity index (χ2n) is 8.05. The van der Waals surface area contributed by atoms with Gasteiger partial charge in [0.15, 0.2) is 0 Å². The number of aromatic nitrogens is 1. The average Bonchev–Trinajstić information content (AvgIpc) is 3.10. The van der Waals surface area contributed by atoms with Gasteiger partial charge in [0.05, 0.1) is 35.4 Å². The van der Waals surface area contributed by atoms with Crippen molar-refractivity contribution in [1.82, 2.24) is 9.47 Å². The summed E-state index contributed by atoms with van der Waals surface area (Å²) in [4.78, 5) is 15.4. The SMILES string of the molecule is CCOC(=O)c1c(CSCc2ccccc2)n(C)c2cc(Br)c(O)c(CN3CCOCC3)c12. The molecule has 0 aliphatic carbocycles. The van der Waals surface area contributed by atoms with Gasteiger partial charge in [-0.15, -0.1) is 0 Å². The Hall–Kier alpha value is -2.00. The molecule has 4 rings (SSSR count). The first-order valence-electron chi connectivity index (χ1n) is 11.1. The second-order valence-corrected chi connectivity index (χ2v) is 9.89. The van der Waals surface area contributed by atoms with Crippen LogP contribution < -0.4 is 0 Å². The number of rotatable bonds is 8. The van der Waals surface area contributed by atoms with E-state index in [0.717, 1.165) is 41.0 Å². The lowest BCUT2D eigenvalue weighted by Crippen LogP contribution is -2.35. The minimum atomic E-state index is -0.344. The van der Waals surface area contributed by atoms with Crippen molar-refractivity contribution in [1.29, 1.82) is 0 Å². The number of carbonyl (C=O) groups is 1. The standard InChI is InChI=1S/C25H29BrN2O4S/c1-3-32-25(30)23-21(16-33-15-17-7-5-4-6-8-17)27(2)20-13-19(26)24(29)18(22(20)23)14-28-9-11-31-12-10-28/h4-8,13,29H,3,9-12,14-16H2,1-2H3. The lowest BCUT2D eigenvalue weighted by molar-refractivity contribution is 0.0340. The number of benzene rings is 2. The number of esters is 1. The quantitative estimate of drug-likeness (QED) is 0.407. The van der Waals surface area contributed by atoms with Crippen molar-refractivity contribution < 1.29 is 19.4 Å². The number of thioether (sulfide) groups is 1. The first-order chi connectivity index (χ1) is 16.0. The second kappa shape index (κ2) is 11.0. The fourth-order valence-corrected chi connectivity index (χ4v) is 5.77. The number of ether oxygens (including phenoxy) is 2. The van der Waals surface area contributed by atoms with Gasteiger partial charge in [0.2, 0.25) is 0 Å². The number of morpholine rings is 1. The van der Waals surface area contributed by atoms with Crippen molar-refractivity contribution in [2.24, 2.45) is 7.05 Å². The van der Waals surface area contributed by atoms with Gasteiger partial charge in [0, 0.05) is 54.8 Å². The predicted molar refractivity (Wildman–Crippen MR) is 136 cm³/mol. The zero-order valence-electron chi connectivity index (χ0n) is 19.0. The third-order valence-electron chi connectivity index (χ3n) is 5.95. The number of aryl methyl sites for hydroxylation is 1. The molecule has 0 unspecified atom stereocenters. The van der Waals surface area contributed by atoms with E-state index in [4.69, 9.17) is 9.47 Å². The number of phenolic OH excluding ortho intramolecular Hbond substituents is 1. The minimum Gasteiger partial charge on any atom is -0.506 e. The molecular formula is C25H29BrN2O4S. The molecule has 0 bridgehead atoms. The Morgan fingerprint density at radius 3 is 2.64 bits per heavy atom. The highest BCUT2D eigenvalue weighted by molar-refractivity contribution is 9.10. The Kier molecular flexibility index (Phi) is 8.01. The molecule has 0 saturated carbocycles. The van der Waals surface area contributed by atoms with Crippen molar-refractivity contribution in [2.45, 2.75) is 25.0 Å². The van der Waals surface area contributed by atoms with Crippen molar-refractivity contribution in [3.8, 4) is 5.75 Å². The highest BCUT2D eigenvalue weighted by atomic mass is 79.9. The molecule has 0 amide bonds. The van der Waals surface area contributed by atoms with Gasteiger partial charge < -0.3 is 19.1 Å². The van der Waals surface area contributed by atoms with Gasteiger partial charge in [-0.25, -0.2) is 4.79 Å². The van der Waals surface area contributed by atoms with Crippen LogP contribution in [-0.4, -0.2) is 53.5 Å². The summed E-state index contributed by atoms with van der Waals surface area (Å²) in [5.74, 6) is 1.33. The number of hydrogen-bond donors (Lipinski definition) is 1. The molecule has 1 aromatic heterocycles. The van der Waals surface area contributed by atoms with Crippen LogP contribution in [0.4, 0.5) is 0 Å². The van der Waals surface area contributed by atoms with Gasteiger partial charge in [-0.1, -0.05) is 30.3 Å². The van der Waals surface area contributed by atoms with E-state index < -0.39 is 0 Å². The van der Waals surface area contributed by atoms with Crippen LogP contribution in [0.1, 0.15) is 34.1 Å². The van der Waals surface area contributed by atoms with Crippen molar-refractivity contribution in [3.63, 3.8) is 0 Å². The van der Waals surface area contributed by atoms with Gasteiger partial charge in [-0.3, -0.25) is 4.90 Å². The predicted octanol–water partition coefficient (Wildman–Crippen LogP) is 5.09. The maximum atomic E-state index is 13.2. The Morgan fingerprint density at radius 1 is 1.21 bits per heavy atom. The van der Waals surface area contributed by atoms with Crippen LogP contribution in [0.5, 0.6) is 5.75 Å². The topological polar surface area (TPSA) is 63.9 Å². The zero-order chi connectivity index (χ0) is 23.4. The van der Waals surface area contributed by atoms with E-state index in [1.54, 1.807) is 11.8 Å². The summed E-state index contributed by atoms with van der Waals surface area (Å²) in [6.45, 7) is 5.56. The molecule has 8 heteroatoms. The van der Waals surface area contributed by atoms with E-state index in [9.17, 15) is 9.90 Å². The summed E-state index contributed by atoms with van der Waals surface area (Å²) in [5.41, 5.74) is 4.36. The molecule has 0 spiro atoms. The molecule has 6 nitrogen and oxygen atoms in total. The van der Waals surface area contributed by atoms with Crippen LogP contribution in [0.25, 0.3) is 10.9 Å². The van der Waals surface area contributed by atoms with Crippen LogP contribution in [0.3, 0.4) is 0 Å². The number of carbonyl (C=O) groups excluding carboxylic acids is 1. The summed E-state index contributed by atoms with van der Waals surface area (Å²) < 4.78 is 13.6. The third-order valence-corrected chi connectivity index (χ3v) is 7.57. The molecule has 2 heterocycles. The Balaban J connectivity index is 1.77. The van der Waals surface area contributed by atoms with E-state index in [-0.39, 0.29) is 11.7 Å². The van der Waals surface area contributed by atoms with Crippen LogP contribution in [-0.2, 0) is 34.6 Å². The summed E-state index contributed by atoms with van der Waals surface area (Å²) in [5, 5.41) is 11.8. The Bertz CT molecular complexity index is 1130. The summed E-state index contributed by atoms with van der Waals surface area (Å²) in [6.07, 6.45) is 0. The highest BCUT2D eigenvalue weighted by Gasteiger charge is 2.28. The van der Waals surface area contributed by atoms with E-state index in [2.05, 4.69) is 37.5 Å². The average molecular weight is 533 g/mol. The number of aromatic hydroxyl groups is 1. The Morgan fingerprint density at radius 2 is 1.94 bits per heavy atom. The zero-order valence-corrected chi connectivity index (χ0v) is 21.4. The van der Waals surface area contributed by atoms with Crippen LogP contribution in [0.15, 0.2) is 40.9 Å². The number of phenols is 1. The molecule has 1 aliphatic rings. The van der Waals surface area contributed by atoms with Crippen LogP contribution in [0.2, 0.25) is 0 Å². The molecule has 0 radical (unpaired) electrons. The molecule has 1 fully saturated rings. The van der Waals surface area contributed by atoms with Gasteiger partial charge in [-0.2, -0.15) is 11.8 Å². The summed E-state index contributed by atoms with van der Waals surface area (Å²) in [6, 6.07) is 12.2. The number of fused-ring (bicyclic) bond motifs is 1. The monoisotopic (exact) mass is 532 g/mol. The summed E-state index contributed by atoms with van der Waals surface area (Å²) in [7, 11) is 1.98. The van der Waals surface area contributed by atoms with Crippen molar-refractivity contribution in [2.75, 3.05) is 32.9 Å². The fraction of sp³-hybridized carbons (Fsp3) is 0.400. The first-order valence-corrected chi connectivity index (χ1v) is 13.1. The van der Waals surface area contributed by atoms with Crippen LogP contribution >= 0.6 is 27.7 Å². The van der Waals surface area contributed by atoms with Crippen molar-refractivity contribution in [3.05, 3.63) is 63.3 Å². The van der Waals surface area contributed by atoms with Gasteiger partial charge in [0.25, 0.3) is 0 Å². The maximum absolute atomic E-state index is 13.2. The molecule has 1 N–H and O–H groups in total. The van der Waals surface area contributed by atoms with E-state index in [0.29, 0.717) is 42.2 Å². The Labute approximate surface area is 207 Å². The van der Waals surface area contributed by atoms with E-state index in [1.165, 1.54) is 5.56 Å². The van der Waals surface area contributed by atoms with Gasteiger partial charge >= 0.3 is 5.97 Å². The van der Waals surface area contributed by atoms with Gasteiger partial charge in [-0.05, 0) is 34.5 Å². The number of hydrogen-bond acceptors (Lipinski definition) is 6. The third kappa shape index (κ3) is 5.24. The molecule has 3 aromatic rings. The molecule has 0 atom stereocenters. The maximum Gasteiger partial charge on any atom is 0.340 e. The largest absolute Gasteiger partial charge is 0.506 e. The molecule has 1 aliphatic heterocycles. The molecule has 2 aromatic carbocycles. The smallest absolute Gasteiger partial charge is 0.340 e. The number of nitrogens with zero attached hydrogens (tertiary/aromatic N) is 2. The lowest BCUT2D eigenvalue weighted by Gasteiger charge is -2.27. The summed E-state index contributed by atoms with van der Waals surface area (Å²) >= 11 is 5.28. The first kappa shape index (κ1) is 24.1. The fourth-order valence-electron chi connectivity index (χ4n) is 4.25. The van der Waals surface area contributed by atoms with Gasteiger partial charge in [0.1, 0.15) is 5.75 Å². The molecule has 176 valence electrons. The lowest BCUT2D eigenvalue weighted by atomic mass is 10.0. The van der Waals surface area contributed by atoms with Crippen molar-refractivity contribution >= 4 is 44.6 Å². The highest BCUT2D eigenvalue weighted by Crippen LogP contribution is 2.41. The molecule has 1 saturated heterocycles. The minimum absolute atomic E-state index is 0.175. The molecule has 33 heavy (non-hydrogen) atoms. The van der Waals surface area contributed by atoms with Crippen LogP contribution in [0, 0.1) is 0 Å². The van der Waals surface area contributed by atoms with E-state index >= 15 is 0 Å². The normalized spacial score (nSPS) is 14.6. The molecular weight excluding hydrogens is 504 g/mol. The number of halogens is 1. The van der Waals surface area contributed by atoms with E-state index in [1.807, 2.05) is 38.2 Å².